The molecule has 0 aliphatic heterocycles. The maximum Gasteiger partial charge on any atom is 0.416 e. The molecule has 0 saturated heterocycles. The number of benzene rings is 2. The van der Waals surface area contributed by atoms with Crippen molar-refractivity contribution in [3.8, 4) is 0 Å². The van der Waals surface area contributed by atoms with Gasteiger partial charge in [0.2, 0.25) is 0 Å². The van der Waals surface area contributed by atoms with Crippen LogP contribution < -0.4 is 10.6 Å². The smallest absolute Gasteiger partial charge is 0.370 e. The van der Waals surface area contributed by atoms with Crippen molar-refractivity contribution < 1.29 is 13.2 Å². The predicted molar refractivity (Wildman–Crippen MR) is 77.9 cm³/mol. The summed E-state index contributed by atoms with van der Waals surface area (Å²) >= 11 is 0. The van der Waals surface area contributed by atoms with Gasteiger partial charge in [-0.2, -0.15) is 13.2 Å². The van der Waals surface area contributed by atoms with E-state index in [-0.39, 0.29) is 0 Å². The Balaban J connectivity index is 2.17. The third-order valence-electron chi connectivity index (χ3n) is 3.26. The molecule has 0 aliphatic rings. The zero-order valence-corrected chi connectivity index (χ0v) is 11.7. The third kappa shape index (κ3) is 3.98. The van der Waals surface area contributed by atoms with Crippen molar-refractivity contribution in [3.63, 3.8) is 0 Å². The van der Waals surface area contributed by atoms with E-state index in [0.717, 1.165) is 17.3 Å². The van der Waals surface area contributed by atoms with Crippen molar-refractivity contribution in [1.29, 1.82) is 0 Å². The summed E-state index contributed by atoms with van der Waals surface area (Å²) in [7, 11) is 1.84. The topological polar surface area (TPSA) is 29.3 Å². The van der Waals surface area contributed by atoms with E-state index in [0.29, 0.717) is 18.7 Å². The summed E-state index contributed by atoms with van der Waals surface area (Å²) in [6.45, 7) is 0.836. The zero-order valence-electron chi connectivity index (χ0n) is 11.7. The molecule has 0 heterocycles. The average molecular weight is 294 g/mol. The molecule has 0 radical (unpaired) electrons. The highest BCUT2D eigenvalue weighted by Gasteiger charge is 2.30. The highest BCUT2D eigenvalue weighted by molar-refractivity contribution is 5.48. The van der Waals surface area contributed by atoms with E-state index in [4.69, 9.17) is 5.73 Å². The van der Waals surface area contributed by atoms with Crippen molar-refractivity contribution in [2.45, 2.75) is 19.3 Å². The van der Waals surface area contributed by atoms with E-state index >= 15 is 0 Å². The van der Waals surface area contributed by atoms with Gasteiger partial charge in [-0.25, -0.2) is 0 Å². The third-order valence-corrected chi connectivity index (χ3v) is 3.26. The van der Waals surface area contributed by atoms with Crippen LogP contribution in [0.1, 0.15) is 16.7 Å². The summed E-state index contributed by atoms with van der Waals surface area (Å²) in [5, 5.41) is 0. The molecular weight excluding hydrogens is 277 g/mol. The number of anilines is 1. The number of hydrogen-bond acceptors (Lipinski definition) is 2. The second-order valence-corrected chi connectivity index (χ2v) is 4.93. The van der Waals surface area contributed by atoms with Crippen molar-refractivity contribution >= 4 is 5.69 Å². The predicted octanol–water partition coefficient (Wildman–Crippen LogP) is 3.80. The highest BCUT2D eigenvalue weighted by atomic mass is 19.4. The number of rotatable bonds is 4. The molecule has 2 rings (SSSR count). The Morgan fingerprint density at radius 1 is 1.00 bits per heavy atom. The van der Waals surface area contributed by atoms with Crippen LogP contribution in [0, 0.1) is 0 Å². The fourth-order valence-electron chi connectivity index (χ4n) is 2.13. The minimum Gasteiger partial charge on any atom is -0.370 e. The summed E-state index contributed by atoms with van der Waals surface area (Å²) in [6, 6.07) is 13.0. The lowest BCUT2D eigenvalue weighted by molar-refractivity contribution is -0.137. The molecule has 0 unspecified atom stereocenters. The van der Waals surface area contributed by atoms with Crippen molar-refractivity contribution in [2.24, 2.45) is 5.73 Å². The molecule has 112 valence electrons. The molecule has 0 saturated carbocycles. The Kier molecular flexibility index (Phi) is 4.53. The van der Waals surface area contributed by atoms with E-state index in [9.17, 15) is 13.2 Å². The minimum atomic E-state index is -4.31. The summed E-state index contributed by atoms with van der Waals surface area (Å²) in [5.41, 5.74) is 7.51. The van der Waals surface area contributed by atoms with Gasteiger partial charge in [-0.1, -0.05) is 24.3 Å². The van der Waals surface area contributed by atoms with Gasteiger partial charge in [0.05, 0.1) is 5.56 Å². The zero-order chi connectivity index (χ0) is 15.5. The van der Waals surface area contributed by atoms with Crippen LogP contribution in [0.4, 0.5) is 18.9 Å². The van der Waals surface area contributed by atoms with Gasteiger partial charge >= 0.3 is 6.18 Å². The molecule has 0 spiro atoms. The lowest BCUT2D eigenvalue weighted by atomic mass is 10.1. The van der Waals surface area contributed by atoms with Gasteiger partial charge in [0.15, 0.2) is 0 Å². The van der Waals surface area contributed by atoms with Gasteiger partial charge in [-0.3, -0.25) is 0 Å². The van der Waals surface area contributed by atoms with Crippen LogP contribution in [-0.4, -0.2) is 7.05 Å². The quantitative estimate of drug-likeness (QED) is 0.929. The van der Waals surface area contributed by atoms with Gasteiger partial charge in [0.1, 0.15) is 0 Å². The number of halogens is 3. The van der Waals surface area contributed by atoms with Crippen LogP contribution in [0.5, 0.6) is 0 Å². The maximum atomic E-state index is 12.7. The first-order valence-electron chi connectivity index (χ1n) is 6.56. The normalized spacial score (nSPS) is 11.5. The van der Waals surface area contributed by atoms with Crippen LogP contribution in [-0.2, 0) is 19.3 Å². The van der Waals surface area contributed by atoms with Gasteiger partial charge in [-0.15, -0.1) is 0 Å². The fourth-order valence-corrected chi connectivity index (χ4v) is 2.13. The molecular formula is C16H17F3N2. The van der Waals surface area contributed by atoms with Crippen molar-refractivity contribution in [2.75, 3.05) is 11.9 Å². The average Bonchev–Trinajstić information content (AvgIpc) is 2.46. The molecule has 2 aromatic carbocycles. The van der Waals surface area contributed by atoms with E-state index in [2.05, 4.69) is 0 Å². The first-order valence-corrected chi connectivity index (χ1v) is 6.56. The maximum absolute atomic E-state index is 12.7. The molecule has 0 atom stereocenters. The Morgan fingerprint density at radius 2 is 1.67 bits per heavy atom. The van der Waals surface area contributed by atoms with E-state index in [1.54, 1.807) is 6.07 Å². The lowest BCUT2D eigenvalue weighted by Gasteiger charge is -2.20. The summed E-state index contributed by atoms with van der Waals surface area (Å²) in [5.74, 6) is 0. The van der Waals surface area contributed by atoms with E-state index in [1.807, 2.05) is 36.2 Å². The van der Waals surface area contributed by atoms with Crippen molar-refractivity contribution in [3.05, 3.63) is 65.2 Å². The molecule has 0 aromatic heterocycles. The SMILES string of the molecule is CN(Cc1cccc(C(F)(F)F)c1)c1cccc(CN)c1. The number of hydrogen-bond donors (Lipinski definition) is 1. The monoisotopic (exact) mass is 294 g/mol. The number of nitrogens with zero attached hydrogens (tertiary/aromatic N) is 1. The second kappa shape index (κ2) is 6.18. The Morgan fingerprint density at radius 3 is 2.33 bits per heavy atom. The molecule has 0 aliphatic carbocycles. The van der Waals surface area contributed by atoms with Gasteiger partial charge in [-0.05, 0) is 35.4 Å². The summed E-state index contributed by atoms with van der Waals surface area (Å²) < 4.78 is 38.1. The number of alkyl halides is 3. The lowest BCUT2D eigenvalue weighted by Crippen LogP contribution is -2.17. The van der Waals surface area contributed by atoms with Crippen molar-refractivity contribution in [1.82, 2.24) is 0 Å². The van der Waals surface area contributed by atoms with Crippen LogP contribution in [0.15, 0.2) is 48.5 Å². The minimum absolute atomic E-state index is 0.401. The first-order chi connectivity index (χ1) is 9.90. The van der Waals surface area contributed by atoms with Crippen LogP contribution in [0.3, 0.4) is 0 Å². The fraction of sp³-hybridized carbons (Fsp3) is 0.250. The molecule has 2 nitrogen and oxygen atoms in total. The second-order valence-electron chi connectivity index (χ2n) is 4.93. The molecule has 2 aromatic rings. The first kappa shape index (κ1) is 15.4. The van der Waals surface area contributed by atoms with Gasteiger partial charge < -0.3 is 10.6 Å². The Hall–Kier alpha value is -2.01. The van der Waals surface area contributed by atoms with Crippen LogP contribution in [0.25, 0.3) is 0 Å². The highest BCUT2D eigenvalue weighted by Crippen LogP contribution is 2.30. The standard InChI is InChI=1S/C16H17F3N2/c1-21(15-7-3-4-12(9-15)10-20)11-13-5-2-6-14(8-13)16(17,18)19/h2-9H,10-11,20H2,1H3. The molecule has 0 bridgehead atoms. The van der Waals surface area contributed by atoms with Gasteiger partial charge in [0.25, 0.3) is 0 Å². The Bertz CT molecular complexity index is 608. The van der Waals surface area contributed by atoms with Gasteiger partial charge in [0, 0.05) is 25.8 Å². The number of nitrogens with two attached hydrogens (primary N) is 1. The molecule has 2 N–H and O–H groups in total. The van der Waals surface area contributed by atoms with Crippen LogP contribution in [0.2, 0.25) is 0 Å². The molecule has 0 amide bonds. The molecule has 0 fully saturated rings. The molecule has 21 heavy (non-hydrogen) atoms. The molecule has 5 heteroatoms. The van der Waals surface area contributed by atoms with E-state index < -0.39 is 11.7 Å². The largest absolute Gasteiger partial charge is 0.416 e. The summed E-state index contributed by atoms with van der Waals surface area (Å²) in [6.07, 6.45) is -4.31. The Labute approximate surface area is 122 Å². The van der Waals surface area contributed by atoms with Crippen LogP contribution >= 0.6 is 0 Å². The summed E-state index contributed by atoms with van der Waals surface area (Å²) in [4.78, 5) is 1.90. The van der Waals surface area contributed by atoms with E-state index in [1.165, 1.54) is 12.1 Å².